The minimum atomic E-state index is 0.287. The molecule has 5 heteroatoms. The smallest absolute Gasteiger partial charge is 0.141 e. The molecule has 1 aromatic heterocycles. The summed E-state index contributed by atoms with van der Waals surface area (Å²) in [5.74, 6) is 1.35. The number of aryl methyl sites for hydroxylation is 2. The predicted molar refractivity (Wildman–Crippen MR) is 83.8 cm³/mol. The van der Waals surface area contributed by atoms with Crippen LogP contribution in [0.3, 0.4) is 0 Å². The Balaban J connectivity index is 2.47. The molecule has 0 atom stereocenters. The largest absolute Gasteiger partial charge is 0.456 e. The van der Waals surface area contributed by atoms with E-state index in [1.165, 1.54) is 0 Å². The summed E-state index contributed by atoms with van der Waals surface area (Å²) < 4.78 is 6.82. The summed E-state index contributed by atoms with van der Waals surface area (Å²) in [5.41, 5.74) is 8.07. The molecule has 0 fully saturated rings. The van der Waals surface area contributed by atoms with E-state index in [-0.39, 0.29) is 4.99 Å². The van der Waals surface area contributed by atoms with Crippen LogP contribution >= 0.6 is 28.1 Å². The van der Waals surface area contributed by atoms with Gasteiger partial charge in [0.1, 0.15) is 16.5 Å². The first-order valence-corrected chi connectivity index (χ1v) is 6.89. The second-order valence-electron chi connectivity index (χ2n) is 4.15. The third-order valence-corrected chi connectivity index (χ3v) is 3.26. The number of hydrogen-bond acceptors (Lipinski definition) is 3. The Morgan fingerprint density at radius 2 is 2.05 bits per heavy atom. The zero-order valence-electron chi connectivity index (χ0n) is 10.6. The number of rotatable bonds is 3. The highest BCUT2D eigenvalue weighted by molar-refractivity contribution is 9.10. The summed E-state index contributed by atoms with van der Waals surface area (Å²) in [7, 11) is 0. The number of nitrogens with zero attached hydrogens (tertiary/aromatic N) is 1. The van der Waals surface area contributed by atoms with Crippen molar-refractivity contribution in [2.45, 2.75) is 13.8 Å². The fourth-order valence-electron chi connectivity index (χ4n) is 1.83. The van der Waals surface area contributed by atoms with Crippen LogP contribution in [0, 0.1) is 13.8 Å². The summed E-state index contributed by atoms with van der Waals surface area (Å²) in [6.07, 6.45) is 0. The SMILES string of the molecule is Cc1cc(Oc2cccc(Br)c2)c(C(N)=S)c(C)n1. The van der Waals surface area contributed by atoms with Gasteiger partial charge in [-0.3, -0.25) is 4.98 Å². The molecule has 0 unspecified atom stereocenters. The van der Waals surface area contributed by atoms with Crippen molar-refractivity contribution in [2.75, 3.05) is 0 Å². The van der Waals surface area contributed by atoms with E-state index in [0.717, 1.165) is 21.6 Å². The van der Waals surface area contributed by atoms with Gasteiger partial charge in [0.05, 0.1) is 11.3 Å². The molecule has 2 rings (SSSR count). The number of nitrogens with two attached hydrogens (primary N) is 1. The zero-order chi connectivity index (χ0) is 14.0. The lowest BCUT2D eigenvalue weighted by atomic mass is 10.1. The Hall–Kier alpha value is -1.46. The molecule has 0 radical (unpaired) electrons. The van der Waals surface area contributed by atoms with Crippen LogP contribution in [0.1, 0.15) is 17.0 Å². The first-order chi connectivity index (χ1) is 8.97. The molecule has 0 saturated heterocycles. The summed E-state index contributed by atoms with van der Waals surface area (Å²) in [6.45, 7) is 3.78. The van der Waals surface area contributed by atoms with Crippen LogP contribution in [-0.4, -0.2) is 9.97 Å². The predicted octanol–water partition coefficient (Wildman–Crippen LogP) is 3.89. The fraction of sp³-hybridized carbons (Fsp3) is 0.143. The first kappa shape index (κ1) is 14.0. The lowest BCUT2D eigenvalue weighted by Crippen LogP contribution is -2.14. The second kappa shape index (κ2) is 5.67. The van der Waals surface area contributed by atoms with Crippen LogP contribution in [0.25, 0.3) is 0 Å². The molecular weight excluding hydrogens is 324 g/mol. The third kappa shape index (κ3) is 3.30. The molecule has 19 heavy (non-hydrogen) atoms. The van der Waals surface area contributed by atoms with Crippen molar-refractivity contribution < 1.29 is 4.74 Å². The van der Waals surface area contributed by atoms with Crippen molar-refractivity contribution in [3.8, 4) is 11.5 Å². The van der Waals surface area contributed by atoms with Crippen LogP contribution in [-0.2, 0) is 0 Å². The molecule has 1 heterocycles. The number of pyridine rings is 1. The van der Waals surface area contributed by atoms with Gasteiger partial charge in [0.15, 0.2) is 0 Å². The first-order valence-electron chi connectivity index (χ1n) is 5.69. The summed E-state index contributed by atoms with van der Waals surface area (Å²) in [6, 6.07) is 9.43. The van der Waals surface area contributed by atoms with Gasteiger partial charge in [-0.2, -0.15) is 0 Å². The standard InChI is InChI=1S/C14H13BrN2OS/c1-8-6-12(13(14(16)19)9(2)17-8)18-11-5-3-4-10(15)7-11/h3-7H,1-2H3,(H2,16,19). The molecule has 0 spiro atoms. The molecular formula is C14H13BrN2OS. The van der Waals surface area contributed by atoms with Crippen molar-refractivity contribution in [3.63, 3.8) is 0 Å². The van der Waals surface area contributed by atoms with E-state index < -0.39 is 0 Å². The number of halogens is 1. The summed E-state index contributed by atoms with van der Waals surface area (Å²) >= 11 is 8.48. The number of aromatic nitrogens is 1. The van der Waals surface area contributed by atoms with E-state index in [9.17, 15) is 0 Å². The van der Waals surface area contributed by atoms with E-state index in [1.807, 2.05) is 44.2 Å². The van der Waals surface area contributed by atoms with E-state index in [2.05, 4.69) is 20.9 Å². The van der Waals surface area contributed by atoms with Crippen molar-refractivity contribution in [1.82, 2.24) is 4.98 Å². The molecule has 0 amide bonds. The molecule has 3 nitrogen and oxygen atoms in total. The Bertz CT molecular complexity index is 643. The lowest BCUT2D eigenvalue weighted by molar-refractivity contribution is 0.479. The highest BCUT2D eigenvalue weighted by Crippen LogP contribution is 2.29. The number of thiocarbonyl (C=S) groups is 1. The third-order valence-electron chi connectivity index (χ3n) is 2.56. The normalized spacial score (nSPS) is 10.3. The van der Waals surface area contributed by atoms with Gasteiger partial charge in [-0.1, -0.05) is 34.2 Å². The molecule has 0 bridgehead atoms. The molecule has 0 aliphatic carbocycles. The molecule has 1 aromatic carbocycles. The maximum Gasteiger partial charge on any atom is 0.141 e. The van der Waals surface area contributed by atoms with Crippen LogP contribution in [0.15, 0.2) is 34.8 Å². The minimum absolute atomic E-state index is 0.287. The van der Waals surface area contributed by atoms with Gasteiger partial charge >= 0.3 is 0 Å². The second-order valence-corrected chi connectivity index (χ2v) is 5.50. The quantitative estimate of drug-likeness (QED) is 0.864. The van der Waals surface area contributed by atoms with Crippen molar-refractivity contribution in [2.24, 2.45) is 5.73 Å². The minimum Gasteiger partial charge on any atom is -0.456 e. The molecule has 98 valence electrons. The van der Waals surface area contributed by atoms with Crippen molar-refractivity contribution in [1.29, 1.82) is 0 Å². The van der Waals surface area contributed by atoms with Crippen LogP contribution in [0.4, 0.5) is 0 Å². The molecule has 0 aliphatic rings. The van der Waals surface area contributed by atoms with Gasteiger partial charge < -0.3 is 10.5 Å². The van der Waals surface area contributed by atoms with Gasteiger partial charge in [0, 0.05) is 16.2 Å². The average Bonchev–Trinajstić information content (AvgIpc) is 2.26. The van der Waals surface area contributed by atoms with Gasteiger partial charge in [-0.05, 0) is 32.0 Å². The molecule has 0 aliphatic heterocycles. The Kier molecular flexibility index (Phi) is 4.17. The van der Waals surface area contributed by atoms with E-state index >= 15 is 0 Å². The number of benzene rings is 1. The molecule has 2 aromatic rings. The maximum absolute atomic E-state index is 5.88. The van der Waals surface area contributed by atoms with Crippen molar-refractivity contribution >= 4 is 33.1 Å². The fourth-order valence-corrected chi connectivity index (χ4v) is 2.46. The average molecular weight is 337 g/mol. The number of ether oxygens (including phenoxy) is 1. The van der Waals surface area contributed by atoms with E-state index in [1.54, 1.807) is 0 Å². The van der Waals surface area contributed by atoms with Crippen LogP contribution in [0.5, 0.6) is 11.5 Å². The van der Waals surface area contributed by atoms with Crippen LogP contribution in [0.2, 0.25) is 0 Å². The van der Waals surface area contributed by atoms with E-state index in [4.69, 9.17) is 22.7 Å². The summed E-state index contributed by atoms with van der Waals surface area (Å²) in [5, 5.41) is 0. The lowest BCUT2D eigenvalue weighted by Gasteiger charge is -2.13. The Morgan fingerprint density at radius 3 is 2.68 bits per heavy atom. The molecule has 2 N–H and O–H groups in total. The summed E-state index contributed by atoms with van der Waals surface area (Å²) in [4.78, 5) is 4.64. The van der Waals surface area contributed by atoms with Crippen LogP contribution < -0.4 is 10.5 Å². The monoisotopic (exact) mass is 336 g/mol. The zero-order valence-corrected chi connectivity index (χ0v) is 13.0. The van der Waals surface area contributed by atoms with Gasteiger partial charge in [-0.15, -0.1) is 0 Å². The topological polar surface area (TPSA) is 48.1 Å². The van der Waals surface area contributed by atoms with Crippen molar-refractivity contribution in [3.05, 3.63) is 51.8 Å². The van der Waals surface area contributed by atoms with E-state index in [0.29, 0.717) is 11.3 Å². The Labute approximate surface area is 125 Å². The Morgan fingerprint density at radius 1 is 1.32 bits per heavy atom. The van der Waals surface area contributed by atoms with Gasteiger partial charge in [0.25, 0.3) is 0 Å². The maximum atomic E-state index is 5.88. The highest BCUT2D eigenvalue weighted by Gasteiger charge is 2.13. The van der Waals surface area contributed by atoms with Gasteiger partial charge in [0.2, 0.25) is 0 Å². The van der Waals surface area contributed by atoms with Gasteiger partial charge in [-0.25, -0.2) is 0 Å². The molecule has 0 saturated carbocycles. The number of hydrogen-bond donors (Lipinski definition) is 1. The highest BCUT2D eigenvalue weighted by atomic mass is 79.9.